The number of ether oxygens (including phenoxy) is 1. The van der Waals surface area contributed by atoms with Crippen LogP contribution in [0.2, 0.25) is 0 Å². The van der Waals surface area contributed by atoms with Crippen LogP contribution in [0.4, 0.5) is 0 Å². The lowest BCUT2D eigenvalue weighted by atomic mass is 9.74. The first-order chi connectivity index (χ1) is 8.60. The lowest BCUT2D eigenvalue weighted by molar-refractivity contribution is -0.140. The van der Waals surface area contributed by atoms with Gasteiger partial charge in [0, 0.05) is 19.0 Å². The van der Waals surface area contributed by atoms with E-state index in [2.05, 4.69) is 10.6 Å². The molecule has 0 bridgehead atoms. The van der Waals surface area contributed by atoms with E-state index >= 15 is 0 Å². The van der Waals surface area contributed by atoms with Crippen LogP contribution in [0.1, 0.15) is 32.1 Å². The predicted octanol–water partition coefficient (Wildman–Crippen LogP) is -0.121. The average molecular weight is 256 g/mol. The largest absolute Gasteiger partial charge is 0.481 e. The molecule has 102 valence electrons. The van der Waals surface area contributed by atoms with E-state index in [1.165, 1.54) is 0 Å². The molecule has 3 N–H and O–H groups in total. The summed E-state index contributed by atoms with van der Waals surface area (Å²) in [5.74, 6) is -0.937. The van der Waals surface area contributed by atoms with Gasteiger partial charge in [0.25, 0.3) is 0 Å². The third kappa shape index (κ3) is 3.43. The molecule has 0 aromatic carbocycles. The van der Waals surface area contributed by atoms with E-state index in [0.29, 0.717) is 19.6 Å². The van der Waals surface area contributed by atoms with Crippen molar-refractivity contribution in [2.24, 2.45) is 0 Å². The van der Waals surface area contributed by atoms with Crippen molar-refractivity contribution < 1.29 is 19.4 Å². The Labute approximate surface area is 106 Å². The van der Waals surface area contributed by atoms with Crippen LogP contribution in [0.25, 0.3) is 0 Å². The van der Waals surface area contributed by atoms with Crippen molar-refractivity contribution >= 4 is 11.9 Å². The minimum Gasteiger partial charge on any atom is -0.481 e. The highest BCUT2D eigenvalue weighted by molar-refractivity contribution is 5.79. The van der Waals surface area contributed by atoms with Gasteiger partial charge >= 0.3 is 5.97 Å². The minimum atomic E-state index is -0.853. The van der Waals surface area contributed by atoms with Crippen LogP contribution in [0.15, 0.2) is 0 Å². The third-order valence-electron chi connectivity index (χ3n) is 3.64. The Morgan fingerprint density at radius 1 is 1.44 bits per heavy atom. The first kappa shape index (κ1) is 13.3. The number of carboxylic acid groups (broad SMARTS) is 1. The number of hydrogen-bond acceptors (Lipinski definition) is 4. The van der Waals surface area contributed by atoms with Crippen molar-refractivity contribution in [3.8, 4) is 0 Å². The molecule has 1 heterocycles. The summed E-state index contributed by atoms with van der Waals surface area (Å²) in [6.07, 6.45) is 2.88. The molecule has 0 radical (unpaired) electrons. The number of morpholine rings is 1. The summed E-state index contributed by atoms with van der Waals surface area (Å²) in [4.78, 5) is 22.7. The number of nitrogens with one attached hydrogen (secondary N) is 2. The maximum atomic E-state index is 11.9. The van der Waals surface area contributed by atoms with Crippen LogP contribution in [0, 0.1) is 0 Å². The van der Waals surface area contributed by atoms with Gasteiger partial charge in [-0.3, -0.25) is 9.59 Å². The molecule has 1 unspecified atom stereocenters. The van der Waals surface area contributed by atoms with Gasteiger partial charge < -0.3 is 20.5 Å². The summed E-state index contributed by atoms with van der Waals surface area (Å²) in [7, 11) is 0. The molecule has 1 saturated carbocycles. The van der Waals surface area contributed by atoms with Crippen LogP contribution >= 0.6 is 0 Å². The Kier molecular flexibility index (Phi) is 4.19. The highest BCUT2D eigenvalue weighted by Gasteiger charge is 2.40. The van der Waals surface area contributed by atoms with E-state index in [0.717, 1.165) is 25.8 Å². The fourth-order valence-corrected chi connectivity index (χ4v) is 2.56. The summed E-state index contributed by atoms with van der Waals surface area (Å²) in [6, 6.07) is 0.0423. The average Bonchev–Trinajstić information content (AvgIpc) is 2.26. The van der Waals surface area contributed by atoms with E-state index in [-0.39, 0.29) is 18.4 Å². The second-order valence-electron chi connectivity index (χ2n) is 5.18. The molecular formula is C12H20N2O4. The van der Waals surface area contributed by atoms with Gasteiger partial charge in [0.2, 0.25) is 5.91 Å². The summed E-state index contributed by atoms with van der Waals surface area (Å²) >= 11 is 0. The molecule has 1 aliphatic carbocycles. The molecule has 6 heteroatoms. The zero-order valence-corrected chi connectivity index (χ0v) is 10.4. The molecule has 0 aromatic heterocycles. The van der Waals surface area contributed by atoms with E-state index < -0.39 is 11.5 Å². The number of aliphatic carboxylic acids is 1. The van der Waals surface area contributed by atoms with Crippen molar-refractivity contribution in [1.29, 1.82) is 0 Å². The van der Waals surface area contributed by atoms with Gasteiger partial charge in [0.1, 0.15) is 0 Å². The van der Waals surface area contributed by atoms with Gasteiger partial charge in [0.05, 0.1) is 25.2 Å². The second-order valence-corrected chi connectivity index (χ2v) is 5.18. The lowest BCUT2D eigenvalue weighted by Crippen LogP contribution is -2.56. The normalized spacial score (nSPS) is 26.1. The maximum absolute atomic E-state index is 11.9. The van der Waals surface area contributed by atoms with Crippen molar-refractivity contribution in [1.82, 2.24) is 10.6 Å². The van der Waals surface area contributed by atoms with Gasteiger partial charge in [-0.25, -0.2) is 0 Å². The van der Waals surface area contributed by atoms with Crippen molar-refractivity contribution in [3.63, 3.8) is 0 Å². The number of carbonyl (C=O) groups is 2. The number of carbonyl (C=O) groups excluding carboxylic acids is 1. The summed E-state index contributed by atoms with van der Waals surface area (Å²) < 4.78 is 5.28. The fourth-order valence-electron chi connectivity index (χ4n) is 2.56. The van der Waals surface area contributed by atoms with Crippen LogP contribution in [-0.4, -0.2) is 48.3 Å². The van der Waals surface area contributed by atoms with Gasteiger partial charge in [0.15, 0.2) is 0 Å². The Morgan fingerprint density at radius 3 is 2.72 bits per heavy atom. The van der Waals surface area contributed by atoms with Crippen LogP contribution in [0.5, 0.6) is 0 Å². The number of hydrogen-bond donors (Lipinski definition) is 3. The lowest BCUT2D eigenvalue weighted by Gasteiger charge is -2.41. The molecule has 18 heavy (non-hydrogen) atoms. The first-order valence-corrected chi connectivity index (χ1v) is 6.44. The van der Waals surface area contributed by atoms with Crippen molar-refractivity contribution in [2.45, 2.75) is 43.7 Å². The third-order valence-corrected chi connectivity index (χ3v) is 3.64. The number of carboxylic acids is 1. The van der Waals surface area contributed by atoms with E-state index in [4.69, 9.17) is 9.84 Å². The van der Waals surface area contributed by atoms with E-state index in [1.807, 2.05) is 0 Å². The zero-order valence-electron chi connectivity index (χ0n) is 10.4. The molecule has 1 amide bonds. The second kappa shape index (κ2) is 5.67. The van der Waals surface area contributed by atoms with Crippen LogP contribution in [-0.2, 0) is 14.3 Å². The monoisotopic (exact) mass is 256 g/mol. The van der Waals surface area contributed by atoms with E-state index in [9.17, 15) is 9.59 Å². The Hall–Kier alpha value is -1.14. The Balaban J connectivity index is 1.80. The van der Waals surface area contributed by atoms with Gasteiger partial charge in [-0.2, -0.15) is 0 Å². The summed E-state index contributed by atoms with van der Waals surface area (Å²) in [5, 5.41) is 15.0. The molecule has 1 aliphatic heterocycles. The highest BCUT2D eigenvalue weighted by Crippen LogP contribution is 2.35. The topological polar surface area (TPSA) is 87.7 Å². The van der Waals surface area contributed by atoms with Gasteiger partial charge in [-0.1, -0.05) is 0 Å². The van der Waals surface area contributed by atoms with Crippen LogP contribution < -0.4 is 10.6 Å². The Morgan fingerprint density at radius 2 is 2.22 bits per heavy atom. The van der Waals surface area contributed by atoms with Crippen LogP contribution in [0.3, 0.4) is 0 Å². The molecule has 0 spiro atoms. The SMILES string of the molecule is O=C(O)CC1(NC(=O)CC2COCCN2)CCC1. The first-order valence-electron chi connectivity index (χ1n) is 6.44. The molecular weight excluding hydrogens is 236 g/mol. The molecule has 0 aromatic rings. The maximum Gasteiger partial charge on any atom is 0.305 e. The van der Waals surface area contributed by atoms with Gasteiger partial charge in [-0.15, -0.1) is 0 Å². The quantitative estimate of drug-likeness (QED) is 0.638. The molecule has 1 saturated heterocycles. The molecule has 2 aliphatic rings. The van der Waals surface area contributed by atoms with Crippen molar-refractivity contribution in [3.05, 3.63) is 0 Å². The molecule has 6 nitrogen and oxygen atoms in total. The molecule has 2 rings (SSSR count). The van der Waals surface area contributed by atoms with Gasteiger partial charge in [-0.05, 0) is 19.3 Å². The highest BCUT2D eigenvalue weighted by atomic mass is 16.5. The minimum absolute atomic E-state index is 0.0212. The Bertz CT molecular complexity index is 322. The van der Waals surface area contributed by atoms with Crippen molar-refractivity contribution in [2.75, 3.05) is 19.8 Å². The number of amides is 1. The predicted molar refractivity (Wildman–Crippen MR) is 64.2 cm³/mol. The van der Waals surface area contributed by atoms with E-state index in [1.54, 1.807) is 0 Å². The smallest absolute Gasteiger partial charge is 0.305 e. The molecule has 2 fully saturated rings. The summed E-state index contributed by atoms with van der Waals surface area (Å²) in [5.41, 5.74) is -0.502. The fraction of sp³-hybridized carbons (Fsp3) is 0.833. The molecule has 1 atom stereocenters. The number of rotatable bonds is 5. The zero-order chi connectivity index (χ0) is 13.0. The summed E-state index contributed by atoms with van der Waals surface area (Å²) in [6.45, 7) is 1.98. The standard InChI is InChI=1S/C12H20N2O4/c15-10(6-9-8-18-5-4-13-9)14-12(2-1-3-12)7-11(16)17/h9,13H,1-8H2,(H,14,15)(H,16,17).